The van der Waals surface area contributed by atoms with Gasteiger partial charge in [0.25, 0.3) is 0 Å². The van der Waals surface area contributed by atoms with Gasteiger partial charge in [-0.05, 0) is 30.5 Å². The second-order valence-electron chi connectivity index (χ2n) is 3.77. The number of carbonyl (C=O) groups is 1. The lowest BCUT2D eigenvalue weighted by Crippen LogP contribution is -2.09. The molecular weight excluding hydrogens is 202 g/mol. The maximum Gasteiger partial charge on any atom is 0.148 e. The topological polar surface area (TPSA) is 49.3 Å². The van der Waals surface area contributed by atoms with Crippen molar-refractivity contribution in [2.75, 3.05) is 11.9 Å². The number of hydrogen-bond donors (Lipinski definition) is 2. The first-order valence-corrected chi connectivity index (χ1v) is 5.12. The summed E-state index contributed by atoms with van der Waals surface area (Å²) in [5.74, 6) is 0.307. The Morgan fingerprint density at radius 1 is 1.31 bits per heavy atom. The van der Waals surface area contributed by atoms with E-state index in [0.717, 1.165) is 16.5 Å². The third-order valence-electron chi connectivity index (χ3n) is 2.39. The van der Waals surface area contributed by atoms with Gasteiger partial charge in [-0.25, -0.2) is 0 Å². The molecule has 0 unspecified atom stereocenters. The van der Waals surface area contributed by atoms with Crippen LogP contribution >= 0.6 is 0 Å². The summed E-state index contributed by atoms with van der Waals surface area (Å²) in [5.41, 5.74) is 0.864. The summed E-state index contributed by atoms with van der Waals surface area (Å²) in [5, 5.41) is 14.4. The van der Waals surface area contributed by atoms with E-state index in [1.807, 2.05) is 24.3 Å². The molecule has 0 atom stereocenters. The fraction of sp³-hybridized carbons (Fsp3) is 0.154. The van der Waals surface area contributed by atoms with Crippen LogP contribution in [0, 0.1) is 0 Å². The summed E-state index contributed by atoms with van der Waals surface area (Å²) in [6.07, 6.45) is 0. The Kier molecular flexibility index (Phi) is 2.77. The highest BCUT2D eigenvalue weighted by atomic mass is 16.3. The molecule has 0 saturated carbocycles. The van der Waals surface area contributed by atoms with Crippen LogP contribution in [0.4, 0.5) is 5.69 Å². The number of carbonyl (C=O) groups excluding carboxylic acids is 1. The molecule has 0 aliphatic carbocycles. The fourth-order valence-corrected chi connectivity index (χ4v) is 1.63. The van der Waals surface area contributed by atoms with Gasteiger partial charge in [0, 0.05) is 11.1 Å². The first-order chi connectivity index (χ1) is 7.66. The van der Waals surface area contributed by atoms with Crippen molar-refractivity contribution in [3.63, 3.8) is 0 Å². The number of nitrogens with one attached hydrogen (secondary N) is 1. The largest absolute Gasteiger partial charge is 0.508 e. The third-order valence-corrected chi connectivity index (χ3v) is 2.39. The predicted molar refractivity (Wildman–Crippen MR) is 64.8 cm³/mol. The van der Waals surface area contributed by atoms with Gasteiger partial charge in [-0.2, -0.15) is 0 Å². The van der Waals surface area contributed by atoms with Crippen LogP contribution in [0.3, 0.4) is 0 Å². The van der Waals surface area contributed by atoms with Crippen molar-refractivity contribution >= 4 is 22.2 Å². The maximum absolute atomic E-state index is 10.9. The van der Waals surface area contributed by atoms with Gasteiger partial charge < -0.3 is 10.4 Å². The van der Waals surface area contributed by atoms with E-state index in [4.69, 9.17) is 0 Å². The molecule has 0 saturated heterocycles. The van der Waals surface area contributed by atoms with Gasteiger partial charge in [0.15, 0.2) is 0 Å². The van der Waals surface area contributed by atoms with E-state index in [-0.39, 0.29) is 11.5 Å². The number of aromatic hydroxyl groups is 1. The van der Waals surface area contributed by atoms with Crippen LogP contribution in [0.1, 0.15) is 6.92 Å². The quantitative estimate of drug-likeness (QED) is 0.827. The van der Waals surface area contributed by atoms with Crippen LogP contribution in [0.5, 0.6) is 5.75 Å². The van der Waals surface area contributed by atoms with Gasteiger partial charge in [0.2, 0.25) is 0 Å². The minimum absolute atomic E-state index is 0.0807. The van der Waals surface area contributed by atoms with Crippen LogP contribution in [0.15, 0.2) is 36.4 Å². The molecule has 0 aromatic heterocycles. The predicted octanol–water partition coefficient (Wildman–Crippen LogP) is 2.55. The van der Waals surface area contributed by atoms with E-state index in [1.165, 1.54) is 6.92 Å². The first-order valence-electron chi connectivity index (χ1n) is 5.12. The Bertz CT molecular complexity index is 534. The summed E-state index contributed by atoms with van der Waals surface area (Å²) < 4.78 is 0. The van der Waals surface area contributed by atoms with Gasteiger partial charge in [-0.15, -0.1) is 0 Å². The highest BCUT2D eigenvalue weighted by Gasteiger charge is 2.02. The Morgan fingerprint density at radius 3 is 2.88 bits per heavy atom. The molecule has 2 rings (SSSR count). The van der Waals surface area contributed by atoms with E-state index < -0.39 is 0 Å². The summed E-state index contributed by atoms with van der Waals surface area (Å²) in [6, 6.07) is 11.0. The molecule has 0 fully saturated rings. The van der Waals surface area contributed by atoms with E-state index in [0.29, 0.717) is 6.54 Å². The number of fused-ring (bicyclic) bond motifs is 1. The molecule has 0 radical (unpaired) electrons. The van der Waals surface area contributed by atoms with E-state index in [1.54, 1.807) is 12.1 Å². The van der Waals surface area contributed by atoms with Crippen LogP contribution in [0.2, 0.25) is 0 Å². The van der Waals surface area contributed by atoms with Crippen LogP contribution < -0.4 is 5.32 Å². The molecule has 0 aliphatic rings. The lowest BCUT2D eigenvalue weighted by molar-refractivity contribution is -0.115. The third kappa shape index (κ3) is 2.14. The summed E-state index contributed by atoms with van der Waals surface area (Å²) in [6.45, 7) is 1.84. The lowest BCUT2D eigenvalue weighted by atomic mass is 10.1. The van der Waals surface area contributed by atoms with Crippen molar-refractivity contribution < 1.29 is 9.90 Å². The molecule has 2 aromatic rings. The van der Waals surface area contributed by atoms with Gasteiger partial charge in [-0.1, -0.05) is 18.2 Å². The number of anilines is 1. The number of Topliss-reactive ketones (excluding diaryl/α,β-unsaturated/α-hetero) is 1. The summed E-state index contributed by atoms with van der Waals surface area (Å²) in [7, 11) is 0. The van der Waals surface area contributed by atoms with E-state index >= 15 is 0 Å². The zero-order valence-electron chi connectivity index (χ0n) is 9.03. The monoisotopic (exact) mass is 215 g/mol. The molecule has 0 bridgehead atoms. The number of benzene rings is 2. The van der Waals surface area contributed by atoms with Gasteiger partial charge in [0.1, 0.15) is 11.5 Å². The smallest absolute Gasteiger partial charge is 0.148 e. The number of phenolic OH excluding ortho intramolecular Hbond substituents is 1. The summed E-state index contributed by atoms with van der Waals surface area (Å²) in [4.78, 5) is 10.9. The molecule has 3 nitrogen and oxygen atoms in total. The molecule has 2 aromatic carbocycles. The van der Waals surface area contributed by atoms with Crippen molar-refractivity contribution in [2.45, 2.75) is 6.92 Å². The Hall–Kier alpha value is -2.03. The lowest BCUT2D eigenvalue weighted by Gasteiger charge is -2.08. The molecule has 0 spiro atoms. The van der Waals surface area contributed by atoms with Crippen LogP contribution in [-0.4, -0.2) is 17.4 Å². The molecule has 0 amide bonds. The second-order valence-corrected chi connectivity index (χ2v) is 3.77. The number of phenols is 1. The molecular formula is C13H13NO2. The molecule has 0 heterocycles. The highest BCUT2D eigenvalue weighted by molar-refractivity contribution is 5.96. The van der Waals surface area contributed by atoms with Crippen LogP contribution in [-0.2, 0) is 4.79 Å². The Morgan fingerprint density at radius 2 is 2.12 bits per heavy atom. The number of ketones is 1. The van der Waals surface area contributed by atoms with E-state index in [9.17, 15) is 9.90 Å². The van der Waals surface area contributed by atoms with Crippen molar-refractivity contribution in [3.8, 4) is 5.75 Å². The minimum Gasteiger partial charge on any atom is -0.508 e. The summed E-state index contributed by atoms with van der Waals surface area (Å²) >= 11 is 0. The standard InChI is InChI=1S/C13H13NO2/c1-9(15)8-14-13-4-2-3-10-5-6-11(16)7-12(10)13/h2-7,14,16H,8H2,1H3. The molecule has 0 aliphatic heterocycles. The van der Waals surface area contributed by atoms with Crippen molar-refractivity contribution in [2.24, 2.45) is 0 Å². The van der Waals surface area contributed by atoms with Crippen molar-refractivity contribution in [3.05, 3.63) is 36.4 Å². The average molecular weight is 215 g/mol. The zero-order chi connectivity index (χ0) is 11.5. The normalized spacial score (nSPS) is 10.3. The van der Waals surface area contributed by atoms with Crippen molar-refractivity contribution in [1.82, 2.24) is 0 Å². The molecule has 2 N–H and O–H groups in total. The second kappa shape index (κ2) is 4.23. The average Bonchev–Trinajstić information content (AvgIpc) is 2.26. The number of rotatable bonds is 3. The maximum atomic E-state index is 10.9. The fourth-order valence-electron chi connectivity index (χ4n) is 1.63. The molecule has 3 heteroatoms. The van der Waals surface area contributed by atoms with Gasteiger partial charge in [0.05, 0.1) is 6.54 Å². The molecule has 82 valence electrons. The van der Waals surface area contributed by atoms with E-state index in [2.05, 4.69) is 5.32 Å². The molecule has 16 heavy (non-hydrogen) atoms. The number of hydrogen-bond acceptors (Lipinski definition) is 3. The first kappa shape index (κ1) is 10.5. The Balaban J connectivity index is 2.43. The Labute approximate surface area is 93.7 Å². The minimum atomic E-state index is 0.0807. The van der Waals surface area contributed by atoms with Gasteiger partial charge in [-0.3, -0.25) is 4.79 Å². The van der Waals surface area contributed by atoms with Gasteiger partial charge >= 0.3 is 0 Å². The zero-order valence-corrected chi connectivity index (χ0v) is 9.03. The highest BCUT2D eigenvalue weighted by Crippen LogP contribution is 2.26. The SMILES string of the molecule is CC(=O)CNc1cccc2ccc(O)cc12. The van der Waals surface area contributed by atoms with Crippen molar-refractivity contribution in [1.29, 1.82) is 0 Å². The van der Waals surface area contributed by atoms with Crippen LogP contribution in [0.25, 0.3) is 10.8 Å².